The Morgan fingerprint density at radius 3 is 2.70 bits per heavy atom. The van der Waals surface area contributed by atoms with Crippen molar-refractivity contribution in [1.29, 1.82) is 0 Å². The molecule has 1 saturated heterocycles. The Morgan fingerprint density at radius 1 is 1.40 bits per heavy atom. The van der Waals surface area contributed by atoms with Gasteiger partial charge in [-0.15, -0.1) is 0 Å². The lowest BCUT2D eigenvalue weighted by Gasteiger charge is -2.35. The van der Waals surface area contributed by atoms with Crippen LogP contribution in [0.4, 0.5) is 10.1 Å². The van der Waals surface area contributed by atoms with E-state index in [0.29, 0.717) is 6.10 Å². The van der Waals surface area contributed by atoms with Gasteiger partial charge in [-0.2, -0.15) is 0 Å². The minimum atomic E-state index is -0.121. The molecule has 1 atom stereocenters. The summed E-state index contributed by atoms with van der Waals surface area (Å²) < 4.78 is 19.6. The van der Waals surface area contributed by atoms with E-state index >= 15 is 0 Å². The summed E-state index contributed by atoms with van der Waals surface area (Å²) in [6.07, 6.45) is 2.35. The zero-order chi connectivity index (χ0) is 14.5. The fourth-order valence-corrected chi connectivity index (χ4v) is 2.97. The van der Waals surface area contributed by atoms with Crippen LogP contribution in [0, 0.1) is 5.82 Å². The van der Waals surface area contributed by atoms with Crippen LogP contribution in [0.3, 0.4) is 0 Å². The number of methoxy groups -OCH3 is 1. The van der Waals surface area contributed by atoms with Crippen LogP contribution in [0.1, 0.15) is 38.3 Å². The quantitative estimate of drug-likeness (QED) is 0.897. The van der Waals surface area contributed by atoms with E-state index in [1.165, 1.54) is 0 Å². The van der Waals surface area contributed by atoms with Crippen LogP contribution >= 0.6 is 0 Å². The van der Waals surface area contributed by atoms with Crippen LogP contribution < -0.4 is 10.2 Å². The molecule has 0 aliphatic carbocycles. The Bertz CT molecular complexity index is 430. The van der Waals surface area contributed by atoms with E-state index in [1.807, 2.05) is 19.9 Å². The van der Waals surface area contributed by atoms with Crippen molar-refractivity contribution >= 4 is 5.69 Å². The van der Waals surface area contributed by atoms with Crippen LogP contribution in [0.2, 0.25) is 0 Å². The van der Waals surface area contributed by atoms with Gasteiger partial charge >= 0.3 is 0 Å². The topological polar surface area (TPSA) is 24.5 Å². The molecule has 0 bridgehead atoms. The summed E-state index contributed by atoms with van der Waals surface area (Å²) in [6, 6.07) is 5.40. The highest BCUT2D eigenvalue weighted by Gasteiger charge is 2.23. The SMILES string of the molecule is CCNC(C)c1c(F)cccc1N1CCC(OC)CC1. The first kappa shape index (κ1) is 15.3. The predicted octanol–water partition coefficient (Wildman–Crippen LogP) is 3.11. The van der Waals surface area contributed by atoms with E-state index < -0.39 is 0 Å². The molecule has 0 radical (unpaired) electrons. The van der Waals surface area contributed by atoms with Crippen molar-refractivity contribution in [3.8, 4) is 0 Å². The Kier molecular flexibility index (Phi) is 5.38. The summed E-state index contributed by atoms with van der Waals surface area (Å²) in [6.45, 7) is 6.75. The number of anilines is 1. The molecular weight excluding hydrogens is 255 g/mol. The van der Waals surface area contributed by atoms with Crippen LogP contribution in [-0.4, -0.2) is 32.8 Å². The maximum Gasteiger partial charge on any atom is 0.130 e. The van der Waals surface area contributed by atoms with Gasteiger partial charge < -0.3 is 15.0 Å². The molecule has 1 aliphatic heterocycles. The first-order valence-corrected chi connectivity index (χ1v) is 7.46. The zero-order valence-corrected chi connectivity index (χ0v) is 12.7. The molecule has 112 valence electrons. The fraction of sp³-hybridized carbons (Fsp3) is 0.625. The van der Waals surface area contributed by atoms with Crippen LogP contribution in [0.25, 0.3) is 0 Å². The lowest BCUT2D eigenvalue weighted by atomic mass is 10.0. The Labute approximate surface area is 121 Å². The van der Waals surface area contributed by atoms with Crippen molar-refractivity contribution in [1.82, 2.24) is 5.32 Å². The van der Waals surface area contributed by atoms with Crippen molar-refractivity contribution in [3.63, 3.8) is 0 Å². The van der Waals surface area contributed by atoms with Crippen LogP contribution in [0.15, 0.2) is 18.2 Å². The number of ether oxygens (including phenoxy) is 1. The minimum absolute atomic E-state index is 0.0244. The standard InChI is InChI=1S/C16H25FN2O/c1-4-18-12(2)16-14(17)6-5-7-15(16)19-10-8-13(20-3)9-11-19/h5-7,12-13,18H,4,8-11H2,1-3H3. The van der Waals surface area contributed by atoms with Crippen molar-refractivity contribution in [2.24, 2.45) is 0 Å². The lowest BCUT2D eigenvalue weighted by molar-refractivity contribution is 0.0819. The third kappa shape index (κ3) is 3.30. The lowest BCUT2D eigenvalue weighted by Crippen LogP contribution is -2.37. The van der Waals surface area contributed by atoms with Gasteiger partial charge in [0.25, 0.3) is 0 Å². The summed E-state index contributed by atoms with van der Waals surface area (Å²) in [7, 11) is 1.77. The number of piperidine rings is 1. The Morgan fingerprint density at radius 2 is 2.10 bits per heavy atom. The highest BCUT2D eigenvalue weighted by Crippen LogP contribution is 2.31. The summed E-state index contributed by atoms with van der Waals surface area (Å²) >= 11 is 0. The highest BCUT2D eigenvalue weighted by atomic mass is 19.1. The van der Waals surface area contributed by atoms with Gasteiger partial charge in [0.15, 0.2) is 0 Å². The molecule has 1 aliphatic rings. The zero-order valence-electron chi connectivity index (χ0n) is 12.7. The second kappa shape index (κ2) is 7.04. The third-order valence-corrected chi connectivity index (χ3v) is 4.09. The van der Waals surface area contributed by atoms with E-state index in [1.54, 1.807) is 19.2 Å². The second-order valence-corrected chi connectivity index (χ2v) is 5.37. The van der Waals surface area contributed by atoms with Crippen molar-refractivity contribution in [2.45, 2.75) is 38.8 Å². The van der Waals surface area contributed by atoms with Gasteiger partial charge in [0.2, 0.25) is 0 Å². The van der Waals surface area contributed by atoms with Crippen LogP contribution in [0.5, 0.6) is 0 Å². The summed E-state index contributed by atoms with van der Waals surface area (Å²) in [5.41, 5.74) is 1.80. The van der Waals surface area contributed by atoms with Gasteiger partial charge in [0, 0.05) is 37.5 Å². The number of nitrogens with zero attached hydrogens (tertiary/aromatic N) is 1. The van der Waals surface area contributed by atoms with Gasteiger partial charge in [-0.25, -0.2) is 4.39 Å². The molecule has 1 fully saturated rings. The number of rotatable bonds is 5. The number of benzene rings is 1. The first-order chi connectivity index (χ1) is 9.67. The smallest absolute Gasteiger partial charge is 0.130 e. The fourth-order valence-electron chi connectivity index (χ4n) is 2.97. The molecule has 0 spiro atoms. The molecule has 2 rings (SSSR count). The largest absolute Gasteiger partial charge is 0.381 e. The average molecular weight is 280 g/mol. The minimum Gasteiger partial charge on any atom is -0.381 e. The molecule has 1 aromatic rings. The Balaban J connectivity index is 2.21. The normalized spacial score (nSPS) is 18.3. The number of hydrogen-bond acceptors (Lipinski definition) is 3. The maximum absolute atomic E-state index is 14.2. The average Bonchev–Trinajstić information content (AvgIpc) is 2.47. The van der Waals surface area contributed by atoms with Crippen molar-refractivity contribution in [2.75, 3.05) is 31.6 Å². The first-order valence-electron chi connectivity index (χ1n) is 7.46. The van der Waals surface area contributed by atoms with Gasteiger partial charge in [-0.05, 0) is 38.4 Å². The van der Waals surface area contributed by atoms with Gasteiger partial charge in [-0.1, -0.05) is 13.0 Å². The van der Waals surface area contributed by atoms with Crippen molar-refractivity contribution in [3.05, 3.63) is 29.6 Å². The predicted molar refractivity (Wildman–Crippen MR) is 80.7 cm³/mol. The molecule has 1 heterocycles. The summed E-state index contributed by atoms with van der Waals surface area (Å²) in [5.74, 6) is -0.121. The van der Waals surface area contributed by atoms with Crippen molar-refractivity contribution < 1.29 is 9.13 Å². The number of hydrogen-bond donors (Lipinski definition) is 1. The van der Waals surface area contributed by atoms with E-state index in [0.717, 1.165) is 43.7 Å². The number of nitrogens with one attached hydrogen (secondary N) is 1. The molecule has 1 unspecified atom stereocenters. The molecule has 20 heavy (non-hydrogen) atoms. The van der Waals surface area contributed by atoms with E-state index in [4.69, 9.17) is 4.74 Å². The molecular formula is C16H25FN2O. The molecule has 3 nitrogen and oxygen atoms in total. The molecule has 4 heteroatoms. The Hall–Kier alpha value is -1.13. The van der Waals surface area contributed by atoms with E-state index in [-0.39, 0.29) is 11.9 Å². The monoisotopic (exact) mass is 280 g/mol. The molecule has 1 aromatic carbocycles. The summed E-state index contributed by atoms with van der Waals surface area (Å²) in [4.78, 5) is 2.28. The second-order valence-electron chi connectivity index (χ2n) is 5.37. The van der Waals surface area contributed by atoms with Gasteiger partial charge in [0.05, 0.1) is 6.10 Å². The molecule has 1 N–H and O–H groups in total. The van der Waals surface area contributed by atoms with Crippen LogP contribution in [-0.2, 0) is 4.74 Å². The van der Waals surface area contributed by atoms with Gasteiger partial charge in [-0.3, -0.25) is 0 Å². The van der Waals surface area contributed by atoms with Gasteiger partial charge in [0.1, 0.15) is 5.82 Å². The molecule has 0 amide bonds. The highest BCUT2D eigenvalue weighted by molar-refractivity contribution is 5.56. The number of halogens is 1. The van der Waals surface area contributed by atoms with E-state index in [9.17, 15) is 4.39 Å². The molecule has 0 saturated carbocycles. The maximum atomic E-state index is 14.2. The molecule has 0 aromatic heterocycles. The van der Waals surface area contributed by atoms with E-state index in [2.05, 4.69) is 10.2 Å². The summed E-state index contributed by atoms with van der Waals surface area (Å²) in [5, 5.41) is 3.31. The third-order valence-electron chi connectivity index (χ3n) is 4.09.